The van der Waals surface area contributed by atoms with Crippen LogP contribution in [0.4, 0.5) is 0 Å². The van der Waals surface area contributed by atoms with E-state index in [4.69, 9.17) is 0 Å². The van der Waals surface area contributed by atoms with Gasteiger partial charge < -0.3 is 24.8 Å². The number of halogens is 2. The van der Waals surface area contributed by atoms with Gasteiger partial charge in [-0.15, -0.1) is 39.7 Å². The Morgan fingerprint density at radius 2 is 1.00 bits per heavy atom. The third-order valence-corrected chi connectivity index (χ3v) is 14.4. The number of hydrogen-bond acceptors (Lipinski definition) is 0. The fraction of sp³-hybridized carbons (Fsp3) is 0.326. The molecule has 0 saturated heterocycles. The molecular formula is C43H50Cl2SiZr-2. The molecule has 0 saturated carbocycles. The molecule has 0 fully saturated rings. The topological polar surface area (TPSA) is 0 Å². The number of benzene rings is 4. The van der Waals surface area contributed by atoms with Gasteiger partial charge in [0.25, 0.3) is 0 Å². The number of rotatable bonds is 2. The van der Waals surface area contributed by atoms with Crippen molar-refractivity contribution in [3.05, 3.63) is 138 Å². The van der Waals surface area contributed by atoms with Crippen molar-refractivity contribution in [3.8, 4) is 0 Å². The third kappa shape index (κ3) is 11.2. The Bertz CT molecular complexity index is 1700. The molecule has 5 aromatic rings. The van der Waals surface area contributed by atoms with E-state index in [1.807, 2.05) is 0 Å². The van der Waals surface area contributed by atoms with Crippen LogP contribution in [0.3, 0.4) is 0 Å². The maximum absolute atomic E-state index is 3.26. The Labute approximate surface area is 312 Å². The second-order valence-corrected chi connectivity index (χ2v) is 20.9. The molecule has 1 unspecified atom stereocenters. The molecule has 0 N–H and O–H groups in total. The van der Waals surface area contributed by atoms with Crippen molar-refractivity contribution in [1.82, 2.24) is 0 Å². The molecule has 1 aliphatic carbocycles. The van der Waals surface area contributed by atoms with Crippen LogP contribution in [-0.4, -0.2) is 5.43 Å². The molecule has 6 rings (SSSR count). The molecular weight excluding hydrogens is 707 g/mol. The first kappa shape index (κ1) is 41.1. The van der Waals surface area contributed by atoms with Crippen LogP contribution in [0.2, 0.25) is 0 Å². The zero-order chi connectivity index (χ0) is 33.0. The van der Waals surface area contributed by atoms with E-state index < -0.39 is 5.43 Å². The van der Waals surface area contributed by atoms with Crippen LogP contribution in [0.25, 0.3) is 21.5 Å². The summed E-state index contributed by atoms with van der Waals surface area (Å²) in [4.78, 5) is 0. The van der Waals surface area contributed by atoms with Gasteiger partial charge in [-0.3, -0.25) is 6.08 Å². The van der Waals surface area contributed by atoms with Crippen LogP contribution >= 0.6 is 0 Å². The van der Waals surface area contributed by atoms with Crippen molar-refractivity contribution >= 4 is 37.4 Å². The van der Waals surface area contributed by atoms with Crippen LogP contribution in [0.1, 0.15) is 80.4 Å². The Kier molecular flexibility index (Phi) is 14.9. The van der Waals surface area contributed by atoms with E-state index in [1.54, 1.807) is 23.3 Å². The Balaban J connectivity index is 0.000000258. The summed E-state index contributed by atoms with van der Waals surface area (Å²) in [5.74, 6) is 0.522. The molecule has 1 aliphatic rings. The summed E-state index contributed by atoms with van der Waals surface area (Å²) in [6.45, 7) is 22.5. The van der Waals surface area contributed by atoms with Crippen molar-refractivity contribution in [3.63, 3.8) is 0 Å². The molecule has 0 heterocycles. The molecule has 47 heavy (non-hydrogen) atoms. The monoisotopic (exact) mass is 754 g/mol. The molecule has 0 amide bonds. The third-order valence-electron chi connectivity index (χ3n) is 8.36. The van der Waals surface area contributed by atoms with Gasteiger partial charge in [-0.25, -0.2) is 6.08 Å². The van der Waals surface area contributed by atoms with E-state index >= 15 is 0 Å². The van der Waals surface area contributed by atoms with E-state index in [1.165, 1.54) is 48.6 Å². The first-order valence-corrected chi connectivity index (χ1v) is 21.4. The molecule has 246 valence electrons. The van der Waals surface area contributed by atoms with Gasteiger partial charge in [0.05, 0.1) is 0 Å². The zero-order valence-electron chi connectivity index (χ0n) is 29.8. The molecule has 1 atom stereocenters. The van der Waals surface area contributed by atoms with Gasteiger partial charge >= 0.3 is 99.8 Å². The molecule has 0 bridgehead atoms. The fourth-order valence-corrected chi connectivity index (χ4v) is 9.20. The number of fused-ring (bicyclic) bond motifs is 3. The second-order valence-electron chi connectivity index (χ2n) is 15.3. The molecule has 5 aromatic carbocycles. The summed E-state index contributed by atoms with van der Waals surface area (Å²) in [6, 6.07) is 37.8. The summed E-state index contributed by atoms with van der Waals surface area (Å²) >= 11 is 1.64. The van der Waals surface area contributed by atoms with Gasteiger partial charge in [0.1, 0.15) is 0 Å². The van der Waals surface area contributed by atoms with Gasteiger partial charge in [0.15, 0.2) is 0 Å². The van der Waals surface area contributed by atoms with Gasteiger partial charge in [0.2, 0.25) is 0 Å². The SMILES string of the molecule is CC(C)(C)c1ccc2[cH-]c3ccc(C(C)(C)C)cc3c2c1.CC1[C-]=CC(C(C)(C)C)=C1.[Cl-].[Cl-].[Zr+2]=[Si](c1ccccc1)c1ccccc1. The van der Waals surface area contributed by atoms with Crippen molar-refractivity contribution in [2.24, 2.45) is 11.3 Å². The number of hydrogen-bond donors (Lipinski definition) is 0. The predicted molar refractivity (Wildman–Crippen MR) is 197 cm³/mol. The van der Waals surface area contributed by atoms with E-state index in [0.717, 1.165) is 0 Å². The average Bonchev–Trinajstić information content (AvgIpc) is 3.60. The van der Waals surface area contributed by atoms with Gasteiger partial charge in [0, 0.05) is 0 Å². The molecule has 0 aromatic heterocycles. The van der Waals surface area contributed by atoms with Crippen LogP contribution in [0, 0.1) is 17.4 Å². The van der Waals surface area contributed by atoms with Gasteiger partial charge in [-0.2, -0.15) is 11.6 Å². The van der Waals surface area contributed by atoms with E-state index in [9.17, 15) is 0 Å². The normalized spacial score (nSPS) is 14.2. The number of allylic oxidation sites excluding steroid dienone is 4. The Morgan fingerprint density at radius 3 is 1.30 bits per heavy atom. The summed E-state index contributed by atoms with van der Waals surface area (Å²) in [7, 11) is 0. The molecule has 4 heteroatoms. The summed E-state index contributed by atoms with van der Waals surface area (Å²) in [5, 5.41) is 8.52. The minimum atomic E-state index is -0.455. The van der Waals surface area contributed by atoms with Crippen molar-refractivity contribution in [2.75, 3.05) is 0 Å². The predicted octanol–water partition coefficient (Wildman–Crippen LogP) is 4.62. The molecule has 0 radical (unpaired) electrons. The Hall–Kier alpha value is -2.09. The minimum absolute atomic E-state index is 0. The van der Waals surface area contributed by atoms with E-state index in [-0.39, 0.29) is 35.6 Å². The first-order valence-electron chi connectivity index (χ1n) is 16.2. The van der Waals surface area contributed by atoms with Crippen molar-refractivity contribution < 1.29 is 48.1 Å². The summed E-state index contributed by atoms with van der Waals surface area (Å²) in [6.07, 6.45) is 7.65. The van der Waals surface area contributed by atoms with E-state index in [2.05, 4.69) is 191 Å². The average molecular weight is 757 g/mol. The van der Waals surface area contributed by atoms with Crippen molar-refractivity contribution in [1.29, 1.82) is 0 Å². The quantitative estimate of drug-likeness (QED) is 0.182. The molecule has 0 aliphatic heterocycles. The van der Waals surface area contributed by atoms with Crippen LogP contribution in [0.15, 0.2) is 121 Å². The maximum atomic E-state index is 3.26. The van der Waals surface area contributed by atoms with Crippen LogP contribution in [0.5, 0.6) is 0 Å². The van der Waals surface area contributed by atoms with Crippen LogP contribution < -0.4 is 35.2 Å². The fourth-order valence-electron chi connectivity index (χ4n) is 5.36. The van der Waals surface area contributed by atoms with Gasteiger partial charge in [-0.05, 0) is 10.8 Å². The molecule has 0 nitrogen and oxygen atoms in total. The van der Waals surface area contributed by atoms with Crippen molar-refractivity contribution in [2.45, 2.75) is 80.1 Å². The Morgan fingerprint density at radius 1 is 0.596 bits per heavy atom. The van der Waals surface area contributed by atoms with E-state index in [0.29, 0.717) is 11.3 Å². The standard InChI is InChI=1S/C21H25.C12H10Si.C10H15.2ClH.Zr/c1-20(2,3)16-9-7-14-11-15-8-10-17(21(4,5)6)13-19(15)18(14)12-16;1-3-7-11(8-4-1)13-12-9-5-2-6-10-12;1-8-5-6-9(7-8)10(2,3)4;;;/h7-13H,1-6H3;1-10H;6-8H,1-4H3;2*1H;/q-1;;-1;;;+2/p-2. The summed E-state index contributed by atoms with van der Waals surface area (Å²) in [5.41, 5.74) is 4.47. The zero-order valence-corrected chi connectivity index (χ0v) is 34.8. The summed E-state index contributed by atoms with van der Waals surface area (Å²) < 4.78 is 0. The second kappa shape index (κ2) is 17.0. The molecule has 0 spiro atoms. The first-order chi connectivity index (χ1) is 21.0. The van der Waals surface area contributed by atoms with Crippen LogP contribution in [-0.2, 0) is 34.2 Å². The van der Waals surface area contributed by atoms with Gasteiger partial charge in [-0.1, -0.05) is 116 Å².